The van der Waals surface area contributed by atoms with E-state index in [4.69, 9.17) is 9.47 Å². The number of methoxy groups -OCH3 is 1. The minimum atomic E-state index is -0.515. The van der Waals surface area contributed by atoms with Crippen molar-refractivity contribution >= 4 is 17.6 Å². The Hall–Kier alpha value is -4.20. The van der Waals surface area contributed by atoms with E-state index < -0.39 is 5.60 Å². The molecule has 1 saturated carbocycles. The SMILES string of the molecule is COc1cncc(C(=O)N[C@H](C)c2ccc(C(=C3CC4(C3)CN(C(=O)OC(C)(C)C)C4)c3ccc(F)cc3)cc2)c1. The van der Waals surface area contributed by atoms with Gasteiger partial charge >= 0.3 is 6.09 Å². The summed E-state index contributed by atoms with van der Waals surface area (Å²) in [4.78, 5) is 31.0. The number of carbonyl (C=O) groups is 2. The lowest BCUT2D eigenvalue weighted by atomic mass is 9.59. The molecule has 2 heterocycles. The lowest BCUT2D eigenvalue weighted by molar-refractivity contribution is -0.0500. The summed E-state index contributed by atoms with van der Waals surface area (Å²) in [7, 11) is 1.53. The summed E-state index contributed by atoms with van der Waals surface area (Å²) in [6, 6.07) is 16.1. The highest BCUT2D eigenvalue weighted by Gasteiger charge is 2.53. The van der Waals surface area contributed by atoms with Gasteiger partial charge in [0.05, 0.1) is 24.9 Å². The van der Waals surface area contributed by atoms with Crippen LogP contribution in [0.2, 0.25) is 0 Å². The van der Waals surface area contributed by atoms with Crippen molar-refractivity contribution in [1.29, 1.82) is 0 Å². The Morgan fingerprint density at radius 2 is 1.59 bits per heavy atom. The number of nitrogens with one attached hydrogen (secondary N) is 1. The molecule has 1 atom stereocenters. The van der Waals surface area contributed by atoms with Crippen molar-refractivity contribution in [3.05, 3.63) is 101 Å². The predicted octanol–water partition coefficient (Wildman–Crippen LogP) is 6.55. The van der Waals surface area contributed by atoms with Crippen molar-refractivity contribution in [3.8, 4) is 5.75 Å². The molecular weight excluding hydrogens is 521 g/mol. The monoisotopic (exact) mass is 557 g/mol. The summed E-state index contributed by atoms with van der Waals surface area (Å²) in [6.07, 6.45) is 4.55. The van der Waals surface area contributed by atoms with Crippen LogP contribution in [0.5, 0.6) is 5.75 Å². The van der Waals surface area contributed by atoms with Gasteiger partial charge in [-0.1, -0.05) is 42.0 Å². The highest BCUT2D eigenvalue weighted by molar-refractivity contribution is 5.94. The number of aromatic nitrogens is 1. The highest BCUT2D eigenvalue weighted by atomic mass is 19.1. The molecule has 8 heteroatoms. The van der Waals surface area contributed by atoms with Gasteiger partial charge in [0.2, 0.25) is 0 Å². The van der Waals surface area contributed by atoms with Crippen LogP contribution in [0.1, 0.15) is 73.6 Å². The zero-order valence-electron chi connectivity index (χ0n) is 24.2. The van der Waals surface area contributed by atoms with Crippen LogP contribution >= 0.6 is 0 Å². The molecule has 1 aliphatic heterocycles. The van der Waals surface area contributed by atoms with Crippen LogP contribution in [-0.2, 0) is 4.74 Å². The molecule has 2 aromatic carbocycles. The molecular formula is C33H36FN3O4. The first-order chi connectivity index (χ1) is 19.4. The number of allylic oxidation sites excluding steroid dienone is 1. The van der Waals surface area contributed by atoms with Crippen LogP contribution in [0.4, 0.5) is 9.18 Å². The number of pyridine rings is 1. The van der Waals surface area contributed by atoms with Crippen LogP contribution in [0, 0.1) is 11.2 Å². The summed E-state index contributed by atoms with van der Waals surface area (Å²) in [5.74, 6) is 0.0114. The average molecular weight is 558 g/mol. The normalized spacial score (nSPS) is 16.3. The number of carbonyl (C=O) groups excluding carboxylic acids is 2. The van der Waals surface area contributed by atoms with E-state index in [1.165, 1.54) is 31.0 Å². The number of rotatable bonds is 6. The standard InChI is InChI=1S/C33H36FN3O4/c1-21(36-30(38)25-14-28(40-5)18-35-17-25)22-6-8-23(9-7-22)29(24-10-12-27(34)13-11-24)26-15-33(16-26)19-37(20-33)31(39)41-32(2,3)4/h6-14,17-18,21H,15-16,19-20H2,1-5H3,(H,36,38)/t21-/m1/s1. The molecule has 1 N–H and O–H groups in total. The Balaban J connectivity index is 1.31. The summed E-state index contributed by atoms with van der Waals surface area (Å²) in [6.45, 7) is 8.91. The molecule has 0 unspecified atom stereocenters. The van der Waals surface area contributed by atoms with Crippen LogP contribution in [-0.4, -0.2) is 47.7 Å². The van der Waals surface area contributed by atoms with Crippen molar-refractivity contribution in [2.45, 2.75) is 52.2 Å². The van der Waals surface area contributed by atoms with Crippen LogP contribution in [0.25, 0.3) is 5.57 Å². The van der Waals surface area contributed by atoms with Gasteiger partial charge in [-0.05, 0) is 81.0 Å². The predicted molar refractivity (Wildman–Crippen MR) is 155 cm³/mol. The number of halogens is 1. The second kappa shape index (κ2) is 11.0. The molecule has 2 amide bonds. The van der Waals surface area contributed by atoms with Crippen molar-refractivity contribution in [2.24, 2.45) is 5.41 Å². The number of nitrogens with zero attached hydrogens (tertiary/aromatic N) is 2. The zero-order valence-corrected chi connectivity index (χ0v) is 24.2. The fourth-order valence-corrected chi connectivity index (χ4v) is 5.62. The Kier molecular flexibility index (Phi) is 7.60. The van der Waals surface area contributed by atoms with Gasteiger partial charge in [0, 0.05) is 24.7 Å². The third kappa shape index (κ3) is 6.26. The smallest absolute Gasteiger partial charge is 0.410 e. The van der Waals surface area contributed by atoms with Crippen molar-refractivity contribution in [3.63, 3.8) is 0 Å². The maximum atomic E-state index is 13.8. The Labute approximate surface area is 240 Å². The van der Waals surface area contributed by atoms with Crippen LogP contribution in [0.15, 0.2) is 72.6 Å². The number of amides is 2. The number of likely N-dealkylation sites (tertiary alicyclic amines) is 1. The Bertz CT molecular complexity index is 1460. The molecule has 1 saturated heterocycles. The molecule has 2 fully saturated rings. The summed E-state index contributed by atoms with van der Waals surface area (Å²) >= 11 is 0. The first-order valence-electron chi connectivity index (χ1n) is 13.8. The fourth-order valence-electron chi connectivity index (χ4n) is 5.62. The molecule has 0 radical (unpaired) electrons. The van der Waals surface area contributed by atoms with E-state index in [1.54, 1.807) is 17.2 Å². The second-order valence-electron chi connectivity index (χ2n) is 12.1. The third-order valence-corrected chi connectivity index (χ3v) is 7.63. The number of hydrogen-bond acceptors (Lipinski definition) is 5. The third-order valence-electron chi connectivity index (χ3n) is 7.63. The van der Waals surface area contributed by atoms with Crippen molar-refractivity contribution in [2.75, 3.05) is 20.2 Å². The molecule has 214 valence electrons. The molecule has 3 aromatic rings. The topological polar surface area (TPSA) is 80.8 Å². The van der Waals surface area contributed by atoms with Gasteiger partial charge in [-0.2, -0.15) is 0 Å². The largest absolute Gasteiger partial charge is 0.495 e. The van der Waals surface area contributed by atoms with E-state index in [0.29, 0.717) is 24.4 Å². The molecule has 2 aliphatic rings. The molecule has 41 heavy (non-hydrogen) atoms. The molecule has 1 spiro atoms. The number of benzene rings is 2. The summed E-state index contributed by atoms with van der Waals surface area (Å²) < 4.78 is 24.5. The molecule has 1 aliphatic carbocycles. The van der Waals surface area contributed by atoms with Gasteiger partial charge in [0.1, 0.15) is 17.2 Å². The molecule has 7 nitrogen and oxygen atoms in total. The summed E-state index contributed by atoms with van der Waals surface area (Å²) in [5.41, 5.74) is 5.32. The lowest BCUT2D eigenvalue weighted by Gasteiger charge is -2.57. The first kappa shape index (κ1) is 28.3. The lowest BCUT2D eigenvalue weighted by Crippen LogP contribution is -2.62. The van der Waals surface area contributed by atoms with E-state index in [1.807, 2.05) is 52.0 Å². The zero-order chi connectivity index (χ0) is 29.4. The van der Waals surface area contributed by atoms with E-state index in [-0.39, 0.29) is 29.3 Å². The number of ether oxygens (including phenoxy) is 2. The second-order valence-corrected chi connectivity index (χ2v) is 12.1. The van der Waals surface area contributed by atoms with Gasteiger partial charge in [0.25, 0.3) is 5.91 Å². The van der Waals surface area contributed by atoms with Gasteiger partial charge < -0.3 is 19.7 Å². The van der Waals surface area contributed by atoms with E-state index >= 15 is 0 Å². The molecule has 1 aromatic heterocycles. The Morgan fingerprint density at radius 1 is 0.976 bits per heavy atom. The van der Waals surface area contributed by atoms with E-state index in [9.17, 15) is 14.0 Å². The van der Waals surface area contributed by atoms with Crippen LogP contribution in [0.3, 0.4) is 0 Å². The fraction of sp³-hybridized carbons (Fsp3) is 0.364. The summed E-state index contributed by atoms with van der Waals surface area (Å²) in [5, 5.41) is 3.02. The number of hydrogen-bond donors (Lipinski definition) is 1. The maximum absolute atomic E-state index is 13.8. The highest BCUT2D eigenvalue weighted by Crippen LogP contribution is 2.54. The average Bonchev–Trinajstić information content (AvgIpc) is 2.89. The maximum Gasteiger partial charge on any atom is 0.410 e. The quantitative estimate of drug-likeness (QED) is 0.372. The van der Waals surface area contributed by atoms with Crippen molar-refractivity contribution < 1.29 is 23.5 Å². The van der Waals surface area contributed by atoms with Gasteiger partial charge in [-0.15, -0.1) is 0 Å². The minimum Gasteiger partial charge on any atom is -0.495 e. The molecule has 5 rings (SSSR count). The molecule has 0 bridgehead atoms. The first-order valence-corrected chi connectivity index (χ1v) is 13.8. The minimum absolute atomic E-state index is 0.0746. The van der Waals surface area contributed by atoms with E-state index in [0.717, 1.165) is 35.1 Å². The van der Waals surface area contributed by atoms with Crippen molar-refractivity contribution in [1.82, 2.24) is 15.2 Å². The van der Waals surface area contributed by atoms with Gasteiger partial charge in [-0.3, -0.25) is 9.78 Å². The Morgan fingerprint density at radius 3 is 2.17 bits per heavy atom. The van der Waals surface area contributed by atoms with E-state index in [2.05, 4.69) is 22.4 Å². The van der Waals surface area contributed by atoms with Gasteiger partial charge in [0.15, 0.2) is 0 Å². The van der Waals surface area contributed by atoms with Crippen LogP contribution < -0.4 is 10.1 Å². The van der Waals surface area contributed by atoms with Gasteiger partial charge in [-0.25, -0.2) is 9.18 Å².